The van der Waals surface area contributed by atoms with Crippen molar-refractivity contribution in [2.24, 2.45) is 5.92 Å². The summed E-state index contributed by atoms with van der Waals surface area (Å²) >= 11 is 8.81. The van der Waals surface area contributed by atoms with E-state index in [0.717, 1.165) is 24.0 Å². The zero-order valence-electron chi connectivity index (χ0n) is 16.3. The van der Waals surface area contributed by atoms with Gasteiger partial charge in [-0.05, 0) is 24.5 Å². The third kappa shape index (κ3) is 5.97. The third-order valence-electron chi connectivity index (χ3n) is 5.29. The molecule has 0 bridgehead atoms. The number of hydrogen-bond acceptors (Lipinski definition) is 9. The van der Waals surface area contributed by atoms with E-state index in [1.54, 1.807) is 11.3 Å². The maximum Gasteiger partial charge on any atom is 0.277 e. The van der Waals surface area contributed by atoms with Gasteiger partial charge in [-0.2, -0.15) is 0 Å². The second kappa shape index (κ2) is 9.56. The van der Waals surface area contributed by atoms with E-state index < -0.39 is 9.84 Å². The molecule has 1 atom stereocenters. The Morgan fingerprint density at radius 1 is 1.27 bits per heavy atom. The predicted molar refractivity (Wildman–Crippen MR) is 117 cm³/mol. The molecule has 2 saturated heterocycles. The molecule has 12 heteroatoms. The highest BCUT2D eigenvalue weighted by molar-refractivity contribution is 7.99. The van der Waals surface area contributed by atoms with Gasteiger partial charge in [-0.15, -0.1) is 21.5 Å². The fraction of sp³-hybridized carbons (Fsp3) is 0.611. The number of carbonyl (C=O) groups excluding carboxylic acids is 1. The van der Waals surface area contributed by atoms with Gasteiger partial charge in [0.15, 0.2) is 9.84 Å². The summed E-state index contributed by atoms with van der Waals surface area (Å²) in [6.07, 6.45) is 1.11. The Morgan fingerprint density at radius 3 is 2.73 bits per heavy atom. The molecule has 2 aromatic rings. The molecule has 8 nitrogen and oxygen atoms in total. The number of carbonyl (C=O) groups is 1. The molecule has 0 aromatic carbocycles. The molecule has 2 aliphatic heterocycles. The summed E-state index contributed by atoms with van der Waals surface area (Å²) in [5.74, 6) is 1.20. The van der Waals surface area contributed by atoms with Crippen molar-refractivity contribution in [1.82, 2.24) is 20.0 Å². The number of amides is 1. The van der Waals surface area contributed by atoms with Crippen molar-refractivity contribution in [2.75, 3.05) is 43.4 Å². The zero-order chi connectivity index (χ0) is 21.1. The summed E-state index contributed by atoms with van der Waals surface area (Å²) in [6, 6.07) is 3.96. The second-order valence-electron chi connectivity index (χ2n) is 7.59. The van der Waals surface area contributed by atoms with E-state index in [4.69, 9.17) is 16.0 Å². The minimum atomic E-state index is -2.92. The summed E-state index contributed by atoms with van der Waals surface area (Å²) in [6.45, 7) is 3.93. The smallest absolute Gasteiger partial charge is 0.277 e. The van der Waals surface area contributed by atoms with Gasteiger partial charge in [0, 0.05) is 44.0 Å². The average Bonchev–Trinajstić information content (AvgIpc) is 3.41. The van der Waals surface area contributed by atoms with Crippen LogP contribution >= 0.6 is 34.7 Å². The van der Waals surface area contributed by atoms with E-state index in [9.17, 15) is 13.2 Å². The lowest BCUT2D eigenvalue weighted by Crippen LogP contribution is -2.48. The lowest BCUT2D eigenvalue weighted by Gasteiger charge is -2.34. The normalized spacial score (nSPS) is 21.9. The maximum absolute atomic E-state index is 12.5. The van der Waals surface area contributed by atoms with Gasteiger partial charge in [0.05, 0.1) is 21.6 Å². The number of nitrogens with zero attached hydrogens (tertiary/aromatic N) is 4. The first kappa shape index (κ1) is 22.1. The maximum atomic E-state index is 12.5. The topological polar surface area (TPSA) is 96.6 Å². The summed E-state index contributed by atoms with van der Waals surface area (Å²) in [7, 11) is -2.92. The number of thiophene rings is 1. The largest absolute Gasteiger partial charge is 0.416 e. The van der Waals surface area contributed by atoms with Gasteiger partial charge in [-0.25, -0.2) is 8.42 Å². The third-order valence-corrected chi connectivity index (χ3v) is 9.15. The van der Waals surface area contributed by atoms with Crippen LogP contribution in [0.4, 0.5) is 0 Å². The molecule has 2 fully saturated rings. The molecule has 1 amide bonds. The lowest BCUT2D eigenvalue weighted by atomic mass is 10.1. The van der Waals surface area contributed by atoms with Gasteiger partial charge in [0.1, 0.15) is 0 Å². The van der Waals surface area contributed by atoms with Gasteiger partial charge in [-0.3, -0.25) is 9.69 Å². The lowest BCUT2D eigenvalue weighted by molar-refractivity contribution is -0.130. The number of piperazine rings is 1. The van der Waals surface area contributed by atoms with E-state index in [2.05, 4.69) is 15.1 Å². The molecule has 0 N–H and O–H groups in total. The van der Waals surface area contributed by atoms with Crippen molar-refractivity contribution in [2.45, 2.75) is 24.6 Å². The Kier molecular flexibility index (Phi) is 7.03. The fourth-order valence-corrected chi connectivity index (χ4v) is 7.36. The quantitative estimate of drug-likeness (QED) is 0.545. The zero-order valence-corrected chi connectivity index (χ0v) is 19.5. The molecule has 4 rings (SSSR count). The molecule has 2 aromatic heterocycles. The van der Waals surface area contributed by atoms with E-state index in [1.165, 1.54) is 16.6 Å². The second-order valence-corrected chi connectivity index (χ2v) is 12.5. The number of thioether (sulfide) groups is 1. The Labute approximate surface area is 188 Å². The SMILES string of the molecule is O=C(CSc1nnc(C[C@@H]2CCS(=O)(=O)C2)o1)N1CCN(Cc2ccc(Cl)s2)CC1. The van der Waals surface area contributed by atoms with E-state index in [-0.39, 0.29) is 29.1 Å². The molecule has 0 unspecified atom stereocenters. The minimum Gasteiger partial charge on any atom is -0.416 e. The molecular formula is C18H23ClN4O4S3. The number of rotatable bonds is 7. The van der Waals surface area contributed by atoms with Crippen molar-refractivity contribution in [3.05, 3.63) is 27.2 Å². The first-order valence-electron chi connectivity index (χ1n) is 9.76. The van der Waals surface area contributed by atoms with Crippen molar-refractivity contribution in [3.8, 4) is 0 Å². The van der Waals surface area contributed by atoms with Crippen LogP contribution in [0.2, 0.25) is 4.34 Å². The van der Waals surface area contributed by atoms with Crippen LogP contribution in [-0.2, 0) is 27.6 Å². The van der Waals surface area contributed by atoms with E-state index in [1.807, 2.05) is 17.0 Å². The highest BCUT2D eigenvalue weighted by Crippen LogP contribution is 2.25. The van der Waals surface area contributed by atoms with E-state index >= 15 is 0 Å². The summed E-state index contributed by atoms with van der Waals surface area (Å²) < 4.78 is 29.5. The predicted octanol–water partition coefficient (Wildman–Crippen LogP) is 2.20. The van der Waals surface area contributed by atoms with Crippen LogP contribution in [0.15, 0.2) is 21.8 Å². The first-order chi connectivity index (χ1) is 14.4. The summed E-state index contributed by atoms with van der Waals surface area (Å²) in [4.78, 5) is 17.9. The van der Waals surface area contributed by atoms with Crippen molar-refractivity contribution < 1.29 is 17.6 Å². The van der Waals surface area contributed by atoms with Crippen LogP contribution in [-0.4, -0.2) is 77.8 Å². The van der Waals surface area contributed by atoms with Crippen molar-refractivity contribution >= 4 is 50.4 Å². The standard InChI is InChI=1S/C18H23ClN4O4S3/c19-15-2-1-14(29-15)10-22-4-6-23(7-5-22)17(24)11-28-18-21-20-16(27-18)9-13-3-8-30(25,26)12-13/h1-2,13H,3-12H2/t13-/m0/s1. The van der Waals surface area contributed by atoms with Gasteiger partial charge in [-0.1, -0.05) is 23.4 Å². The molecule has 0 saturated carbocycles. The Morgan fingerprint density at radius 2 is 2.07 bits per heavy atom. The average molecular weight is 491 g/mol. The highest BCUT2D eigenvalue weighted by Gasteiger charge is 2.29. The molecule has 2 aliphatic rings. The number of halogens is 1. The molecule has 0 aliphatic carbocycles. The van der Waals surface area contributed by atoms with Crippen LogP contribution < -0.4 is 0 Å². The summed E-state index contributed by atoms with van der Waals surface area (Å²) in [5.41, 5.74) is 0. The van der Waals surface area contributed by atoms with Crippen LogP contribution in [0.1, 0.15) is 17.2 Å². The number of hydrogen-bond donors (Lipinski definition) is 0. The monoisotopic (exact) mass is 490 g/mol. The van der Waals surface area contributed by atoms with Gasteiger partial charge < -0.3 is 9.32 Å². The van der Waals surface area contributed by atoms with Crippen molar-refractivity contribution in [1.29, 1.82) is 0 Å². The van der Waals surface area contributed by atoms with Crippen molar-refractivity contribution in [3.63, 3.8) is 0 Å². The number of sulfone groups is 1. The van der Waals surface area contributed by atoms with E-state index in [0.29, 0.717) is 37.0 Å². The minimum absolute atomic E-state index is 0.0384. The Hall–Kier alpha value is -1.14. The molecular weight excluding hydrogens is 468 g/mol. The number of aromatic nitrogens is 2. The van der Waals surface area contributed by atoms with Gasteiger partial charge in [0.2, 0.25) is 11.8 Å². The Bertz CT molecular complexity index is 985. The van der Waals surface area contributed by atoms with Crippen LogP contribution in [0, 0.1) is 5.92 Å². The van der Waals surface area contributed by atoms with Crippen LogP contribution in [0.5, 0.6) is 0 Å². The molecule has 164 valence electrons. The van der Waals surface area contributed by atoms with Gasteiger partial charge >= 0.3 is 0 Å². The molecule has 30 heavy (non-hydrogen) atoms. The highest BCUT2D eigenvalue weighted by atomic mass is 35.5. The molecule has 0 spiro atoms. The molecule has 0 radical (unpaired) electrons. The Balaban J connectivity index is 1.18. The first-order valence-corrected chi connectivity index (χ1v) is 13.8. The van der Waals surface area contributed by atoms with Crippen LogP contribution in [0.25, 0.3) is 0 Å². The van der Waals surface area contributed by atoms with Crippen LogP contribution in [0.3, 0.4) is 0 Å². The molecule has 4 heterocycles. The summed E-state index contributed by atoms with van der Waals surface area (Å²) in [5, 5.41) is 8.33. The van der Waals surface area contributed by atoms with Gasteiger partial charge in [0.25, 0.3) is 5.22 Å². The fourth-order valence-electron chi connectivity index (χ4n) is 3.69.